The van der Waals surface area contributed by atoms with Gasteiger partial charge in [-0.1, -0.05) is 29.8 Å². The largest absolute Gasteiger partial charge is 0.417 e. The van der Waals surface area contributed by atoms with Gasteiger partial charge in [0.05, 0.1) is 21.2 Å². The lowest BCUT2D eigenvalue weighted by Gasteiger charge is -2.33. The lowest BCUT2D eigenvalue weighted by molar-refractivity contribution is -0.137. The van der Waals surface area contributed by atoms with Gasteiger partial charge in [0.1, 0.15) is 0 Å². The quantitative estimate of drug-likeness (QED) is 0.854. The fourth-order valence-corrected chi connectivity index (χ4v) is 4.63. The van der Waals surface area contributed by atoms with Crippen LogP contribution in [0.3, 0.4) is 0 Å². The second-order valence-corrected chi connectivity index (χ2v) is 8.04. The van der Waals surface area contributed by atoms with Gasteiger partial charge in [-0.15, -0.1) is 0 Å². The van der Waals surface area contributed by atoms with Gasteiger partial charge >= 0.3 is 6.18 Å². The van der Waals surface area contributed by atoms with E-state index in [0.717, 1.165) is 22.0 Å². The molecular weight excluding hydrogens is 377 g/mol. The van der Waals surface area contributed by atoms with Crippen LogP contribution in [0.5, 0.6) is 0 Å². The standard InChI is InChI=1S/C16H14ClF3N2O2S/c17-14-6-5-12(8-13(14)16(18,19)20)25(23,24)22-9-11(21)7-10-3-1-2-4-15(10)22/h1-6,8,11H,7,9,21H2. The van der Waals surface area contributed by atoms with Crippen LogP contribution in [-0.4, -0.2) is 21.0 Å². The van der Waals surface area contributed by atoms with Gasteiger partial charge in [-0.05, 0) is 36.2 Å². The molecule has 134 valence electrons. The predicted molar refractivity (Wildman–Crippen MR) is 89.1 cm³/mol. The summed E-state index contributed by atoms with van der Waals surface area (Å²) in [6, 6.07) is 8.90. The number of para-hydroxylation sites is 1. The summed E-state index contributed by atoms with van der Waals surface area (Å²) in [5, 5.41) is -0.554. The fourth-order valence-electron chi connectivity index (χ4n) is 2.82. The predicted octanol–water partition coefficient (Wildman–Crippen LogP) is 3.44. The third-order valence-electron chi connectivity index (χ3n) is 3.97. The zero-order valence-electron chi connectivity index (χ0n) is 12.8. The second kappa shape index (κ2) is 6.19. The van der Waals surface area contributed by atoms with Crippen molar-refractivity contribution in [2.75, 3.05) is 10.8 Å². The van der Waals surface area contributed by atoms with Crippen LogP contribution in [0.15, 0.2) is 47.4 Å². The zero-order valence-corrected chi connectivity index (χ0v) is 14.4. The highest BCUT2D eigenvalue weighted by atomic mass is 35.5. The number of alkyl halides is 3. The lowest BCUT2D eigenvalue weighted by Crippen LogP contribution is -2.46. The number of anilines is 1. The van der Waals surface area contributed by atoms with Gasteiger partial charge in [-0.25, -0.2) is 8.42 Å². The molecule has 2 aromatic rings. The summed E-state index contributed by atoms with van der Waals surface area (Å²) >= 11 is 5.57. The molecule has 0 radical (unpaired) electrons. The molecule has 0 saturated carbocycles. The molecule has 0 fully saturated rings. The molecule has 1 atom stereocenters. The van der Waals surface area contributed by atoms with Gasteiger partial charge < -0.3 is 5.73 Å². The first-order valence-corrected chi connectivity index (χ1v) is 9.15. The molecule has 2 N–H and O–H groups in total. The van der Waals surface area contributed by atoms with Crippen molar-refractivity contribution >= 4 is 27.3 Å². The molecule has 1 unspecified atom stereocenters. The van der Waals surface area contributed by atoms with Crippen LogP contribution in [0.1, 0.15) is 11.1 Å². The Hall–Kier alpha value is -1.77. The van der Waals surface area contributed by atoms with Crippen molar-refractivity contribution in [2.24, 2.45) is 5.73 Å². The SMILES string of the molecule is NC1Cc2ccccc2N(S(=O)(=O)c2ccc(Cl)c(C(F)(F)F)c2)C1. The summed E-state index contributed by atoms with van der Waals surface area (Å²) in [4.78, 5) is -0.479. The van der Waals surface area contributed by atoms with E-state index in [2.05, 4.69) is 0 Å². The number of benzene rings is 2. The van der Waals surface area contributed by atoms with Crippen molar-refractivity contribution in [3.8, 4) is 0 Å². The molecule has 2 aromatic carbocycles. The minimum absolute atomic E-state index is 0.0106. The highest BCUT2D eigenvalue weighted by Gasteiger charge is 2.37. The number of rotatable bonds is 2. The normalized spacial score (nSPS) is 18.1. The Labute approximate surface area is 148 Å². The Balaban J connectivity index is 2.12. The van der Waals surface area contributed by atoms with Gasteiger partial charge in [-0.3, -0.25) is 4.31 Å². The maximum Gasteiger partial charge on any atom is 0.417 e. The molecule has 0 amide bonds. The Morgan fingerprint density at radius 2 is 1.84 bits per heavy atom. The van der Waals surface area contributed by atoms with Crippen molar-refractivity contribution in [3.05, 3.63) is 58.6 Å². The average Bonchev–Trinajstić information content (AvgIpc) is 2.53. The average molecular weight is 391 g/mol. The fraction of sp³-hybridized carbons (Fsp3) is 0.250. The highest BCUT2D eigenvalue weighted by molar-refractivity contribution is 7.92. The summed E-state index contributed by atoms with van der Waals surface area (Å²) < 4.78 is 66.1. The number of nitrogens with zero attached hydrogens (tertiary/aromatic N) is 1. The molecule has 0 aliphatic carbocycles. The van der Waals surface area contributed by atoms with E-state index in [9.17, 15) is 21.6 Å². The molecule has 1 aliphatic heterocycles. The van der Waals surface area contributed by atoms with E-state index in [-0.39, 0.29) is 6.54 Å². The minimum Gasteiger partial charge on any atom is -0.326 e. The van der Waals surface area contributed by atoms with Gasteiger partial charge in [-0.2, -0.15) is 13.2 Å². The third-order valence-corrected chi connectivity index (χ3v) is 6.08. The Bertz CT molecular complexity index is 916. The van der Waals surface area contributed by atoms with Gasteiger partial charge in [0, 0.05) is 12.6 Å². The molecular formula is C16H14ClF3N2O2S. The Morgan fingerprint density at radius 1 is 1.16 bits per heavy atom. The summed E-state index contributed by atoms with van der Waals surface area (Å²) in [6.45, 7) is -0.0106. The molecule has 1 aliphatic rings. The molecule has 0 aromatic heterocycles. The van der Waals surface area contributed by atoms with E-state index in [4.69, 9.17) is 17.3 Å². The van der Waals surface area contributed by atoms with Crippen molar-refractivity contribution < 1.29 is 21.6 Å². The van der Waals surface area contributed by atoms with Crippen LogP contribution in [0, 0.1) is 0 Å². The molecule has 4 nitrogen and oxygen atoms in total. The third kappa shape index (κ3) is 3.33. The van der Waals surface area contributed by atoms with Crippen molar-refractivity contribution in [2.45, 2.75) is 23.5 Å². The van der Waals surface area contributed by atoms with E-state index in [1.165, 1.54) is 0 Å². The maximum absolute atomic E-state index is 13.0. The first-order chi connectivity index (χ1) is 11.6. The van der Waals surface area contributed by atoms with Crippen LogP contribution < -0.4 is 10.0 Å². The van der Waals surface area contributed by atoms with Crippen molar-refractivity contribution in [1.82, 2.24) is 0 Å². The summed E-state index contributed by atoms with van der Waals surface area (Å²) in [5.74, 6) is 0. The maximum atomic E-state index is 13.0. The molecule has 0 bridgehead atoms. The number of hydrogen-bond acceptors (Lipinski definition) is 3. The Morgan fingerprint density at radius 3 is 2.52 bits per heavy atom. The van der Waals surface area contributed by atoms with Crippen LogP contribution >= 0.6 is 11.6 Å². The number of fused-ring (bicyclic) bond motifs is 1. The molecule has 3 rings (SSSR count). The number of hydrogen-bond donors (Lipinski definition) is 1. The minimum atomic E-state index is -4.75. The van der Waals surface area contributed by atoms with Gasteiger partial charge in [0.15, 0.2) is 0 Å². The molecule has 25 heavy (non-hydrogen) atoms. The summed E-state index contributed by atoms with van der Waals surface area (Å²) in [6.07, 6.45) is -4.25. The van der Waals surface area contributed by atoms with E-state index < -0.39 is 37.7 Å². The smallest absolute Gasteiger partial charge is 0.326 e. The molecule has 0 spiro atoms. The first kappa shape index (κ1) is 18.0. The van der Waals surface area contributed by atoms with E-state index in [0.29, 0.717) is 18.2 Å². The van der Waals surface area contributed by atoms with Crippen LogP contribution in [-0.2, 0) is 22.6 Å². The van der Waals surface area contributed by atoms with Crippen LogP contribution in [0.4, 0.5) is 18.9 Å². The first-order valence-electron chi connectivity index (χ1n) is 7.33. The van der Waals surface area contributed by atoms with Crippen molar-refractivity contribution in [3.63, 3.8) is 0 Å². The van der Waals surface area contributed by atoms with Gasteiger partial charge in [0.2, 0.25) is 0 Å². The van der Waals surface area contributed by atoms with Crippen molar-refractivity contribution in [1.29, 1.82) is 0 Å². The van der Waals surface area contributed by atoms with Gasteiger partial charge in [0.25, 0.3) is 10.0 Å². The zero-order chi connectivity index (χ0) is 18.4. The Kier molecular flexibility index (Phi) is 4.47. The lowest BCUT2D eigenvalue weighted by atomic mass is 10.0. The highest BCUT2D eigenvalue weighted by Crippen LogP contribution is 2.38. The van der Waals surface area contributed by atoms with Crippen LogP contribution in [0.25, 0.3) is 0 Å². The summed E-state index contributed by atoms with van der Waals surface area (Å²) in [7, 11) is -4.21. The molecule has 1 heterocycles. The number of nitrogens with two attached hydrogens (primary N) is 1. The van der Waals surface area contributed by atoms with E-state index >= 15 is 0 Å². The molecule has 9 heteroatoms. The summed E-state index contributed by atoms with van der Waals surface area (Å²) in [5.41, 5.74) is 5.90. The van der Waals surface area contributed by atoms with E-state index in [1.54, 1.807) is 24.3 Å². The molecule has 0 saturated heterocycles. The van der Waals surface area contributed by atoms with E-state index in [1.807, 2.05) is 0 Å². The monoisotopic (exact) mass is 390 g/mol. The number of sulfonamides is 1. The van der Waals surface area contributed by atoms with Crippen LogP contribution in [0.2, 0.25) is 5.02 Å². The number of halogens is 4. The topological polar surface area (TPSA) is 63.4 Å². The second-order valence-electron chi connectivity index (χ2n) is 5.77.